The third-order valence-corrected chi connectivity index (χ3v) is 4.54. The number of nitrogens with zero attached hydrogens (tertiary/aromatic N) is 2. The van der Waals surface area contributed by atoms with Crippen LogP contribution in [0.25, 0.3) is 0 Å². The summed E-state index contributed by atoms with van der Waals surface area (Å²) in [5.41, 5.74) is 0. The average molecular weight is 292 g/mol. The van der Waals surface area contributed by atoms with Crippen LogP contribution in [0.1, 0.15) is 26.2 Å². The van der Waals surface area contributed by atoms with Gasteiger partial charge in [0.05, 0.1) is 6.61 Å². The lowest BCUT2D eigenvalue weighted by Gasteiger charge is -2.37. The van der Waals surface area contributed by atoms with Gasteiger partial charge in [0.25, 0.3) is 0 Å². The summed E-state index contributed by atoms with van der Waals surface area (Å²) in [5.74, 6) is 0.820. The maximum Gasteiger partial charge on any atom is 0.246 e. The summed E-state index contributed by atoms with van der Waals surface area (Å²) >= 11 is 0. The molecule has 0 unspecified atom stereocenters. The van der Waals surface area contributed by atoms with Gasteiger partial charge in [0.15, 0.2) is 0 Å². The number of rotatable bonds is 5. The Morgan fingerprint density at radius 3 is 2.67 bits per heavy atom. The molecule has 2 aliphatic rings. The lowest BCUT2D eigenvalue weighted by molar-refractivity contribution is -0.127. The second-order valence-electron chi connectivity index (χ2n) is 6.10. The minimum absolute atomic E-state index is 0.107. The maximum atomic E-state index is 12.1. The first-order chi connectivity index (χ1) is 10.2. The van der Waals surface area contributed by atoms with Crippen LogP contribution in [-0.4, -0.2) is 61.6 Å². The molecule has 4 heteroatoms. The SMILES string of the molecule is C/C=C/C=C\C(=O)N(C)C1CCN(C[C@@H]2CCOC2)CC1. The summed E-state index contributed by atoms with van der Waals surface area (Å²) in [7, 11) is 1.92. The first-order valence-electron chi connectivity index (χ1n) is 8.07. The smallest absolute Gasteiger partial charge is 0.246 e. The monoisotopic (exact) mass is 292 g/mol. The standard InChI is InChI=1S/C17H28N2O2/c1-3-4-5-6-17(20)18(2)16-7-10-19(11-8-16)13-15-9-12-21-14-15/h3-6,15-16H,7-14H2,1-2H3/b4-3+,6-5-/t15-/m0/s1. The van der Waals surface area contributed by atoms with Gasteiger partial charge in [0.1, 0.15) is 0 Å². The number of piperidine rings is 1. The normalized spacial score (nSPS) is 25.1. The molecule has 0 bridgehead atoms. The van der Waals surface area contributed by atoms with Crippen LogP contribution in [0.4, 0.5) is 0 Å². The molecule has 0 aromatic rings. The van der Waals surface area contributed by atoms with Crippen LogP contribution in [0, 0.1) is 5.92 Å². The molecule has 0 aliphatic carbocycles. The van der Waals surface area contributed by atoms with Crippen molar-refractivity contribution in [3.63, 3.8) is 0 Å². The molecular weight excluding hydrogens is 264 g/mol. The van der Waals surface area contributed by atoms with Crippen LogP contribution in [-0.2, 0) is 9.53 Å². The van der Waals surface area contributed by atoms with E-state index in [1.165, 1.54) is 6.42 Å². The third kappa shape index (κ3) is 4.97. The van der Waals surface area contributed by atoms with Gasteiger partial charge >= 0.3 is 0 Å². The van der Waals surface area contributed by atoms with E-state index in [1.54, 1.807) is 6.08 Å². The molecule has 4 nitrogen and oxygen atoms in total. The number of amides is 1. The summed E-state index contributed by atoms with van der Waals surface area (Å²) < 4.78 is 5.44. The van der Waals surface area contributed by atoms with Crippen LogP contribution in [0.3, 0.4) is 0 Å². The quantitative estimate of drug-likeness (QED) is 0.574. The van der Waals surface area contributed by atoms with E-state index >= 15 is 0 Å². The Morgan fingerprint density at radius 2 is 2.05 bits per heavy atom. The second kappa shape index (κ2) is 8.35. The van der Waals surface area contributed by atoms with Gasteiger partial charge in [-0.05, 0) is 32.1 Å². The molecule has 1 amide bonds. The van der Waals surface area contributed by atoms with E-state index < -0.39 is 0 Å². The average Bonchev–Trinajstić information content (AvgIpc) is 3.00. The molecule has 2 aliphatic heterocycles. The van der Waals surface area contributed by atoms with E-state index in [9.17, 15) is 4.79 Å². The van der Waals surface area contributed by atoms with Crippen LogP contribution < -0.4 is 0 Å². The predicted molar refractivity (Wildman–Crippen MR) is 85.1 cm³/mol. The van der Waals surface area contributed by atoms with E-state index in [0.717, 1.165) is 45.7 Å². The zero-order valence-electron chi connectivity index (χ0n) is 13.3. The van der Waals surface area contributed by atoms with Gasteiger partial charge in [0.2, 0.25) is 5.91 Å². The molecule has 2 rings (SSSR count). The van der Waals surface area contributed by atoms with Crippen molar-refractivity contribution < 1.29 is 9.53 Å². The Kier molecular flexibility index (Phi) is 6.46. The molecule has 0 aromatic heterocycles. The molecule has 118 valence electrons. The molecule has 1 atom stereocenters. The molecule has 2 heterocycles. The van der Waals surface area contributed by atoms with Gasteiger partial charge in [-0.25, -0.2) is 0 Å². The van der Waals surface area contributed by atoms with Crippen molar-refractivity contribution in [2.24, 2.45) is 5.92 Å². The van der Waals surface area contributed by atoms with Gasteiger partial charge in [-0.2, -0.15) is 0 Å². The number of carbonyl (C=O) groups excluding carboxylic acids is 1. The van der Waals surface area contributed by atoms with Crippen LogP contribution in [0.15, 0.2) is 24.3 Å². The first-order valence-corrected chi connectivity index (χ1v) is 8.07. The minimum atomic E-state index is 0.107. The summed E-state index contributed by atoms with van der Waals surface area (Å²) in [4.78, 5) is 16.5. The fraction of sp³-hybridized carbons (Fsp3) is 0.706. The van der Waals surface area contributed by atoms with E-state index in [-0.39, 0.29) is 5.91 Å². The van der Waals surface area contributed by atoms with Crippen molar-refractivity contribution in [3.05, 3.63) is 24.3 Å². The Hall–Kier alpha value is -1.13. The summed E-state index contributed by atoms with van der Waals surface area (Å²) in [6.07, 6.45) is 10.6. The number of hydrogen-bond donors (Lipinski definition) is 0. The van der Waals surface area contributed by atoms with Crippen LogP contribution >= 0.6 is 0 Å². The van der Waals surface area contributed by atoms with E-state index in [2.05, 4.69) is 4.90 Å². The molecule has 0 spiro atoms. The van der Waals surface area contributed by atoms with Crippen molar-refractivity contribution >= 4 is 5.91 Å². The number of carbonyl (C=O) groups is 1. The Balaban J connectivity index is 1.73. The fourth-order valence-electron chi connectivity index (χ4n) is 3.13. The van der Waals surface area contributed by atoms with Gasteiger partial charge in [-0.3, -0.25) is 4.79 Å². The molecule has 2 saturated heterocycles. The van der Waals surface area contributed by atoms with E-state index in [0.29, 0.717) is 12.0 Å². The Labute approximate surface area is 128 Å². The summed E-state index contributed by atoms with van der Waals surface area (Å²) in [5, 5.41) is 0. The number of allylic oxidation sites excluding steroid dienone is 3. The third-order valence-electron chi connectivity index (χ3n) is 4.54. The molecule has 0 radical (unpaired) electrons. The van der Waals surface area contributed by atoms with E-state index in [1.807, 2.05) is 37.1 Å². The first kappa shape index (κ1) is 16.2. The van der Waals surface area contributed by atoms with Crippen LogP contribution in [0.5, 0.6) is 0 Å². The van der Waals surface area contributed by atoms with Gasteiger partial charge in [-0.1, -0.05) is 18.2 Å². The second-order valence-corrected chi connectivity index (χ2v) is 6.10. The van der Waals surface area contributed by atoms with Crippen molar-refractivity contribution in [1.29, 1.82) is 0 Å². The molecule has 0 N–H and O–H groups in total. The largest absolute Gasteiger partial charge is 0.381 e. The van der Waals surface area contributed by atoms with Crippen molar-refractivity contribution in [2.45, 2.75) is 32.2 Å². The lowest BCUT2D eigenvalue weighted by Crippen LogP contribution is -2.46. The maximum absolute atomic E-state index is 12.1. The summed E-state index contributed by atoms with van der Waals surface area (Å²) in [6, 6.07) is 0.379. The predicted octanol–water partition coefficient (Wildman–Crippen LogP) is 2.08. The molecule has 2 fully saturated rings. The number of likely N-dealkylation sites (N-methyl/N-ethyl adjacent to an activating group) is 1. The number of likely N-dealkylation sites (tertiary alicyclic amines) is 1. The molecular formula is C17H28N2O2. The van der Waals surface area contributed by atoms with Gasteiger partial charge < -0.3 is 14.5 Å². The zero-order chi connectivity index (χ0) is 15.1. The van der Waals surface area contributed by atoms with Gasteiger partial charge in [-0.15, -0.1) is 0 Å². The van der Waals surface area contributed by atoms with Crippen molar-refractivity contribution in [2.75, 3.05) is 39.9 Å². The molecule has 0 aromatic carbocycles. The van der Waals surface area contributed by atoms with Crippen LogP contribution in [0.2, 0.25) is 0 Å². The highest BCUT2D eigenvalue weighted by Crippen LogP contribution is 2.20. The van der Waals surface area contributed by atoms with Crippen molar-refractivity contribution in [1.82, 2.24) is 9.80 Å². The molecule has 21 heavy (non-hydrogen) atoms. The lowest BCUT2D eigenvalue weighted by atomic mass is 10.0. The zero-order valence-corrected chi connectivity index (χ0v) is 13.3. The number of hydrogen-bond acceptors (Lipinski definition) is 3. The highest BCUT2D eigenvalue weighted by molar-refractivity contribution is 5.87. The van der Waals surface area contributed by atoms with Crippen molar-refractivity contribution in [3.8, 4) is 0 Å². The summed E-state index contributed by atoms with van der Waals surface area (Å²) in [6.45, 7) is 7.15. The highest BCUT2D eigenvalue weighted by atomic mass is 16.5. The van der Waals surface area contributed by atoms with E-state index in [4.69, 9.17) is 4.74 Å². The minimum Gasteiger partial charge on any atom is -0.381 e. The topological polar surface area (TPSA) is 32.8 Å². The highest BCUT2D eigenvalue weighted by Gasteiger charge is 2.26. The van der Waals surface area contributed by atoms with Gasteiger partial charge in [0, 0.05) is 45.4 Å². The fourth-order valence-corrected chi connectivity index (χ4v) is 3.13. The molecule has 0 saturated carbocycles. The Bertz CT molecular complexity index is 378. The Morgan fingerprint density at radius 1 is 1.29 bits per heavy atom. The number of ether oxygens (including phenoxy) is 1.